The van der Waals surface area contributed by atoms with Crippen molar-refractivity contribution in [3.05, 3.63) is 108 Å². The third kappa shape index (κ3) is 5.17. The average molecular weight is 558 g/mol. The summed E-state index contributed by atoms with van der Waals surface area (Å²) < 4.78 is 26.3. The lowest BCUT2D eigenvalue weighted by atomic mass is 9.80. The van der Waals surface area contributed by atoms with Gasteiger partial charge in [-0.15, -0.1) is 0 Å². The molecule has 1 saturated carbocycles. The minimum absolute atomic E-state index is 0.0567. The van der Waals surface area contributed by atoms with Gasteiger partial charge < -0.3 is 23.8 Å². The SMILES string of the molecule is CC(=O)ON(C(C)=O)C1C(COC(c2ccccc2)(c2ccccc2)c2ccccc2)OC2OC3(CCCC3)OC21. The van der Waals surface area contributed by atoms with Gasteiger partial charge in [0.05, 0.1) is 6.61 Å². The molecule has 1 spiro atoms. The molecule has 3 aromatic rings. The van der Waals surface area contributed by atoms with Gasteiger partial charge in [-0.25, -0.2) is 0 Å². The molecule has 3 aromatic carbocycles. The van der Waals surface area contributed by atoms with Gasteiger partial charge in [-0.1, -0.05) is 91.0 Å². The Morgan fingerprint density at radius 2 is 1.34 bits per heavy atom. The van der Waals surface area contributed by atoms with E-state index in [-0.39, 0.29) is 6.61 Å². The minimum atomic E-state index is -0.994. The van der Waals surface area contributed by atoms with Gasteiger partial charge >= 0.3 is 5.97 Å². The maximum absolute atomic E-state index is 12.8. The molecule has 4 unspecified atom stereocenters. The molecule has 3 aliphatic rings. The smallest absolute Gasteiger partial charge is 0.329 e. The van der Waals surface area contributed by atoms with Crippen molar-refractivity contribution in [2.24, 2.45) is 0 Å². The fraction of sp³-hybridized carbons (Fsp3) is 0.394. The quantitative estimate of drug-likeness (QED) is 0.295. The standard InChI is InChI=1S/C33H35NO7/c1-23(35)34(41-24(2)36)29-28(38-31-30(29)39-32(40-31)20-12-13-21-32)22-37-33(25-14-6-3-7-15-25,26-16-8-4-9-17-26)27-18-10-5-11-19-27/h3-11,14-19,28-31H,12-13,20-22H2,1-2H3. The molecule has 0 bridgehead atoms. The van der Waals surface area contributed by atoms with Gasteiger partial charge in [0, 0.05) is 26.7 Å². The van der Waals surface area contributed by atoms with Crippen LogP contribution in [0.4, 0.5) is 0 Å². The van der Waals surface area contributed by atoms with E-state index >= 15 is 0 Å². The van der Waals surface area contributed by atoms with Crippen molar-refractivity contribution < 1.29 is 33.4 Å². The van der Waals surface area contributed by atoms with Crippen LogP contribution in [0.5, 0.6) is 0 Å². The van der Waals surface area contributed by atoms with Crippen LogP contribution in [0.1, 0.15) is 56.2 Å². The van der Waals surface area contributed by atoms with Crippen LogP contribution < -0.4 is 0 Å². The summed E-state index contributed by atoms with van der Waals surface area (Å²) in [5.74, 6) is -1.78. The molecular formula is C33H35NO7. The molecular weight excluding hydrogens is 522 g/mol. The second-order valence-electron chi connectivity index (χ2n) is 10.9. The predicted molar refractivity (Wildman–Crippen MR) is 149 cm³/mol. The van der Waals surface area contributed by atoms with Gasteiger partial charge in [-0.05, 0) is 29.5 Å². The maximum Gasteiger partial charge on any atom is 0.329 e. The average Bonchev–Trinajstić information content (AvgIpc) is 3.68. The molecule has 0 radical (unpaired) electrons. The largest absolute Gasteiger partial charge is 0.358 e. The van der Waals surface area contributed by atoms with Gasteiger partial charge in [0.15, 0.2) is 12.1 Å². The second-order valence-corrected chi connectivity index (χ2v) is 10.9. The van der Waals surface area contributed by atoms with Crippen molar-refractivity contribution in [3.8, 4) is 0 Å². The van der Waals surface area contributed by atoms with Gasteiger partial charge in [0.2, 0.25) is 0 Å². The van der Waals surface area contributed by atoms with Crippen LogP contribution in [0.2, 0.25) is 0 Å². The molecule has 2 aliphatic heterocycles. The molecule has 2 heterocycles. The summed E-state index contributed by atoms with van der Waals surface area (Å²) in [6.07, 6.45) is 1.43. The number of amides is 1. The number of hydrogen-bond acceptors (Lipinski definition) is 7. The third-order valence-electron chi connectivity index (χ3n) is 8.15. The molecule has 6 rings (SSSR count). The second kappa shape index (κ2) is 11.4. The Morgan fingerprint density at radius 1 is 0.829 bits per heavy atom. The van der Waals surface area contributed by atoms with E-state index in [0.717, 1.165) is 47.4 Å². The van der Waals surface area contributed by atoms with E-state index in [2.05, 4.69) is 0 Å². The highest BCUT2D eigenvalue weighted by molar-refractivity contribution is 5.75. The highest BCUT2D eigenvalue weighted by Crippen LogP contribution is 2.48. The Morgan fingerprint density at radius 3 is 1.80 bits per heavy atom. The number of ether oxygens (including phenoxy) is 4. The van der Waals surface area contributed by atoms with E-state index in [1.54, 1.807) is 0 Å². The van der Waals surface area contributed by atoms with Crippen LogP contribution in [0.3, 0.4) is 0 Å². The van der Waals surface area contributed by atoms with Crippen molar-refractivity contribution in [1.82, 2.24) is 5.06 Å². The number of hydroxylamine groups is 2. The molecule has 8 heteroatoms. The molecule has 41 heavy (non-hydrogen) atoms. The summed E-state index contributed by atoms with van der Waals surface area (Å²) in [6, 6.07) is 29.3. The molecule has 1 aliphatic carbocycles. The van der Waals surface area contributed by atoms with E-state index < -0.39 is 47.8 Å². The van der Waals surface area contributed by atoms with Gasteiger partial charge in [0.1, 0.15) is 23.9 Å². The number of carbonyl (C=O) groups excluding carboxylic acids is 2. The Kier molecular flexibility index (Phi) is 7.66. The number of fused-ring (bicyclic) bond motifs is 1. The van der Waals surface area contributed by atoms with Crippen molar-refractivity contribution in [2.75, 3.05) is 6.61 Å². The van der Waals surface area contributed by atoms with Crippen molar-refractivity contribution in [2.45, 2.75) is 75.5 Å². The van der Waals surface area contributed by atoms with Gasteiger partial charge in [-0.3, -0.25) is 9.59 Å². The number of carbonyl (C=O) groups is 2. The third-order valence-corrected chi connectivity index (χ3v) is 8.15. The first-order valence-electron chi connectivity index (χ1n) is 14.2. The Bertz CT molecular complexity index is 1250. The van der Waals surface area contributed by atoms with Crippen LogP contribution >= 0.6 is 0 Å². The zero-order valence-corrected chi connectivity index (χ0v) is 23.3. The van der Waals surface area contributed by atoms with E-state index in [0.29, 0.717) is 0 Å². The van der Waals surface area contributed by atoms with Crippen LogP contribution in [0.15, 0.2) is 91.0 Å². The topological polar surface area (TPSA) is 83.5 Å². The lowest BCUT2D eigenvalue weighted by molar-refractivity contribution is -0.251. The van der Waals surface area contributed by atoms with Gasteiger partial charge in [0.25, 0.3) is 5.91 Å². The van der Waals surface area contributed by atoms with Gasteiger partial charge in [-0.2, -0.15) is 5.06 Å². The summed E-state index contributed by atoms with van der Waals surface area (Å²) in [5, 5.41) is 1.08. The molecule has 3 fully saturated rings. The molecule has 214 valence electrons. The van der Waals surface area contributed by atoms with E-state index in [1.807, 2.05) is 91.0 Å². The lowest BCUT2D eigenvalue weighted by Crippen LogP contribution is -2.53. The van der Waals surface area contributed by atoms with Crippen LogP contribution in [-0.2, 0) is 39.0 Å². The van der Waals surface area contributed by atoms with Crippen molar-refractivity contribution >= 4 is 11.9 Å². The zero-order valence-electron chi connectivity index (χ0n) is 23.3. The maximum atomic E-state index is 12.8. The van der Waals surface area contributed by atoms with E-state index in [4.69, 9.17) is 23.8 Å². The molecule has 1 amide bonds. The summed E-state index contributed by atoms with van der Waals surface area (Å²) in [6.45, 7) is 2.68. The monoisotopic (exact) mass is 557 g/mol. The summed E-state index contributed by atoms with van der Waals surface area (Å²) in [4.78, 5) is 30.4. The number of rotatable bonds is 7. The summed E-state index contributed by atoms with van der Waals surface area (Å²) >= 11 is 0. The fourth-order valence-electron chi connectivity index (χ4n) is 6.43. The predicted octanol–water partition coefficient (Wildman–Crippen LogP) is 5.10. The first kappa shape index (κ1) is 27.6. The highest BCUT2D eigenvalue weighted by atomic mass is 16.8. The first-order valence-corrected chi connectivity index (χ1v) is 14.2. The van der Waals surface area contributed by atoms with Crippen molar-refractivity contribution in [1.29, 1.82) is 0 Å². The number of benzene rings is 3. The molecule has 4 atom stereocenters. The fourth-order valence-corrected chi connectivity index (χ4v) is 6.43. The first-order chi connectivity index (χ1) is 19.9. The zero-order chi connectivity index (χ0) is 28.5. The van der Waals surface area contributed by atoms with E-state index in [1.165, 1.54) is 13.8 Å². The molecule has 2 saturated heterocycles. The molecule has 0 aromatic heterocycles. The lowest BCUT2D eigenvalue weighted by Gasteiger charge is -2.38. The molecule has 8 nitrogen and oxygen atoms in total. The number of hydrogen-bond donors (Lipinski definition) is 0. The van der Waals surface area contributed by atoms with Crippen LogP contribution in [0, 0.1) is 0 Å². The van der Waals surface area contributed by atoms with Crippen LogP contribution in [0.25, 0.3) is 0 Å². The van der Waals surface area contributed by atoms with Crippen LogP contribution in [-0.4, -0.2) is 53.9 Å². The summed E-state index contributed by atoms with van der Waals surface area (Å²) in [7, 11) is 0. The Balaban J connectivity index is 1.39. The normalized spacial score (nSPS) is 24.7. The highest BCUT2D eigenvalue weighted by Gasteiger charge is 2.61. The summed E-state index contributed by atoms with van der Waals surface area (Å²) in [5.41, 5.74) is 1.82. The van der Waals surface area contributed by atoms with Crippen molar-refractivity contribution in [3.63, 3.8) is 0 Å². The molecule has 0 N–H and O–H groups in total. The van der Waals surface area contributed by atoms with E-state index in [9.17, 15) is 9.59 Å². The Labute approximate surface area is 240 Å². The number of nitrogens with zero attached hydrogens (tertiary/aromatic N) is 1. The minimum Gasteiger partial charge on any atom is -0.358 e. The Hall–Kier alpha value is -3.56.